The lowest BCUT2D eigenvalue weighted by molar-refractivity contribution is 0.789. The SMILES string of the molecule is Cc1ccc(-n2cnnn2)cc1NC(N)=S. The molecular formula is C9H10N6S. The van der Waals surface area contributed by atoms with Gasteiger partial charge in [-0.3, -0.25) is 0 Å². The second kappa shape index (κ2) is 4.23. The molecule has 7 heteroatoms. The van der Waals surface area contributed by atoms with Crippen LogP contribution in [0.2, 0.25) is 0 Å². The summed E-state index contributed by atoms with van der Waals surface area (Å²) in [4.78, 5) is 0. The predicted molar refractivity (Wildman–Crippen MR) is 64.3 cm³/mol. The third-order valence-electron chi connectivity index (χ3n) is 2.09. The summed E-state index contributed by atoms with van der Waals surface area (Å²) >= 11 is 4.80. The molecule has 0 saturated heterocycles. The van der Waals surface area contributed by atoms with Gasteiger partial charge in [-0.2, -0.15) is 0 Å². The highest BCUT2D eigenvalue weighted by Crippen LogP contribution is 2.18. The zero-order valence-electron chi connectivity index (χ0n) is 8.58. The van der Waals surface area contributed by atoms with Gasteiger partial charge in [-0.25, -0.2) is 4.68 Å². The number of rotatable bonds is 2. The Balaban J connectivity index is 2.39. The zero-order valence-corrected chi connectivity index (χ0v) is 9.40. The molecule has 0 amide bonds. The lowest BCUT2D eigenvalue weighted by atomic mass is 10.2. The first-order valence-corrected chi connectivity index (χ1v) is 4.98. The van der Waals surface area contributed by atoms with Crippen LogP contribution in [0.4, 0.5) is 5.69 Å². The Morgan fingerprint density at radius 1 is 1.50 bits per heavy atom. The fraction of sp³-hybridized carbons (Fsp3) is 0.111. The Hall–Kier alpha value is -2.02. The van der Waals surface area contributed by atoms with Crippen LogP contribution >= 0.6 is 12.2 Å². The van der Waals surface area contributed by atoms with Gasteiger partial charge < -0.3 is 11.1 Å². The number of thiocarbonyl (C=S) groups is 1. The van der Waals surface area contributed by atoms with E-state index in [0.717, 1.165) is 16.9 Å². The fourth-order valence-electron chi connectivity index (χ4n) is 1.30. The lowest BCUT2D eigenvalue weighted by Gasteiger charge is -2.09. The highest BCUT2D eigenvalue weighted by atomic mass is 32.1. The van der Waals surface area contributed by atoms with Gasteiger partial charge >= 0.3 is 0 Å². The van der Waals surface area contributed by atoms with Crippen LogP contribution in [0.15, 0.2) is 24.5 Å². The molecule has 1 aromatic carbocycles. The van der Waals surface area contributed by atoms with E-state index in [-0.39, 0.29) is 5.11 Å². The van der Waals surface area contributed by atoms with Crippen molar-refractivity contribution >= 4 is 23.0 Å². The van der Waals surface area contributed by atoms with E-state index in [1.54, 1.807) is 4.68 Å². The van der Waals surface area contributed by atoms with Gasteiger partial charge in [0.2, 0.25) is 0 Å². The van der Waals surface area contributed by atoms with Gasteiger partial charge in [-0.05, 0) is 47.3 Å². The van der Waals surface area contributed by atoms with Gasteiger partial charge in [0.1, 0.15) is 6.33 Å². The summed E-state index contributed by atoms with van der Waals surface area (Å²) in [5.41, 5.74) is 8.17. The molecule has 6 nitrogen and oxygen atoms in total. The van der Waals surface area contributed by atoms with Crippen LogP contribution in [0.3, 0.4) is 0 Å². The molecule has 0 saturated carbocycles. The van der Waals surface area contributed by atoms with Gasteiger partial charge in [-0.1, -0.05) is 6.07 Å². The minimum atomic E-state index is 0.233. The number of nitrogens with one attached hydrogen (secondary N) is 1. The molecule has 0 atom stereocenters. The molecule has 2 aromatic rings. The number of tetrazole rings is 1. The molecule has 0 aliphatic carbocycles. The van der Waals surface area contributed by atoms with Crippen LogP contribution in [-0.2, 0) is 0 Å². The molecule has 3 N–H and O–H groups in total. The molecule has 0 spiro atoms. The third kappa shape index (κ3) is 2.14. The zero-order chi connectivity index (χ0) is 11.5. The fourth-order valence-corrected chi connectivity index (χ4v) is 1.41. The van der Waals surface area contributed by atoms with Gasteiger partial charge in [-0.15, -0.1) is 5.10 Å². The van der Waals surface area contributed by atoms with Crippen molar-refractivity contribution in [3.63, 3.8) is 0 Å². The maximum Gasteiger partial charge on any atom is 0.168 e. The van der Waals surface area contributed by atoms with Crippen LogP contribution in [0.5, 0.6) is 0 Å². The molecule has 0 bridgehead atoms. The van der Waals surface area contributed by atoms with Crippen molar-refractivity contribution in [2.75, 3.05) is 5.32 Å². The van der Waals surface area contributed by atoms with Gasteiger partial charge in [0.15, 0.2) is 5.11 Å². The first-order chi connectivity index (χ1) is 7.66. The van der Waals surface area contributed by atoms with E-state index >= 15 is 0 Å². The number of anilines is 1. The van der Waals surface area contributed by atoms with Crippen LogP contribution < -0.4 is 11.1 Å². The largest absolute Gasteiger partial charge is 0.376 e. The lowest BCUT2D eigenvalue weighted by Crippen LogP contribution is -2.19. The van der Waals surface area contributed by atoms with Crippen molar-refractivity contribution < 1.29 is 0 Å². The molecule has 16 heavy (non-hydrogen) atoms. The first kappa shape index (κ1) is 10.5. The Morgan fingerprint density at radius 3 is 2.94 bits per heavy atom. The Kier molecular flexibility index (Phi) is 2.78. The van der Waals surface area contributed by atoms with Crippen LogP contribution in [-0.4, -0.2) is 25.3 Å². The summed E-state index contributed by atoms with van der Waals surface area (Å²) < 4.78 is 1.56. The molecule has 0 aliphatic heterocycles. The monoisotopic (exact) mass is 234 g/mol. The van der Waals surface area contributed by atoms with E-state index in [0.29, 0.717) is 0 Å². The third-order valence-corrected chi connectivity index (χ3v) is 2.19. The van der Waals surface area contributed by atoms with E-state index in [2.05, 4.69) is 20.8 Å². The van der Waals surface area contributed by atoms with Crippen LogP contribution in [0, 0.1) is 6.92 Å². The number of hydrogen-bond acceptors (Lipinski definition) is 4. The van der Waals surface area contributed by atoms with Gasteiger partial charge in [0, 0.05) is 5.69 Å². The molecule has 0 unspecified atom stereocenters. The Labute approximate surface area is 97.5 Å². The van der Waals surface area contributed by atoms with Crippen molar-refractivity contribution in [3.8, 4) is 5.69 Å². The summed E-state index contributed by atoms with van der Waals surface area (Å²) in [5.74, 6) is 0. The minimum Gasteiger partial charge on any atom is -0.376 e. The summed E-state index contributed by atoms with van der Waals surface area (Å²) in [6, 6.07) is 5.74. The standard InChI is InChI=1S/C9H10N6S/c1-6-2-3-7(15-5-11-13-14-15)4-8(6)12-9(10)16/h2-5H,1H3,(H3,10,12,16). The number of nitrogens with two attached hydrogens (primary N) is 1. The number of benzene rings is 1. The maximum absolute atomic E-state index is 5.44. The molecule has 1 heterocycles. The average Bonchev–Trinajstić information content (AvgIpc) is 2.73. The number of nitrogens with zero attached hydrogens (tertiary/aromatic N) is 4. The quantitative estimate of drug-likeness (QED) is 0.742. The molecule has 0 aliphatic rings. The van der Waals surface area contributed by atoms with Crippen LogP contribution in [0.25, 0.3) is 5.69 Å². The van der Waals surface area contributed by atoms with Crippen molar-refractivity contribution in [1.82, 2.24) is 20.2 Å². The number of hydrogen-bond donors (Lipinski definition) is 2. The first-order valence-electron chi connectivity index (χ1n) is 4.57. The van der Waals surface area contributed by atoms with E-state index in [4.69, 9.17) is 18.0 Å². The highest BCUT2D eigenvalue weighted by molar-refractivity contribution is 7.80. The molecule has 1 aromatic heterocycles. The molecular weight excluding hydrogens is 224 g/mol. The summed E-state index contributed by atoms with van der Waals surface area (Å²) in [7, 11) is 0. The number of aryl methyl sites for hydroxylation is 1. The van der Waals surface area contributed by atoms with Crippen molar-refractivity contribution in [3.05, 3.63) is 30.1 Å². The molecule has 2 rings (SSSR count). The Morgan fingerprint density at radius 2 is 2.31 bits per heavy atom. The topological polar surface area (TPSA) is 81.7 Å². The van der Waals surface area contributed by atoms with Crippen molar-refractivity contribution in [2.24, 2.45) is 5.73 Å². The van der Waals surface area contributed by atoms with E-state index in [1.807, 2.05) is 25.1 Å². The van der Waals surface area contributed by atoms with E-state index < -0.39 is 0 Å². The molecule has 0 fully saturated rings. The molecule has 0 radical (unpaired) electrons. The minimum absolute atomic E-state index is 0.233. The maximum atomic E-state index is 5.44. The van der Waals surface area contributed by atoms with Crippen LogP contribution in [0.1, 0.15) is 5.56 Å². The molecule has 82 valence electrons. The smallest absolute Gasteiger partial charge is 0.168 e. The predicted octanol–water partition coefficient (Wildman–Crippen LogP) is 0.626. The van der Waals surface area contributed by atoms with E-state index in [1.165, 1.54) is 6.33 Å². The summed E-state index contributed by atoms with van der Waals surface area (Å²) in [6.07, 6.45) is 1.52. The van der Waals surface area contributed by atoms with Crippen molar-refractivity contribution in [2.45, 2.75) is 6.92 Å². The second-order valence-electron chi connectivity index (χ2n) is 3.24. The van der Waals surface area contributed by atoms with Crippen molar-refractivity contribution in [1.29, 1.82) is 0 Å². The summed E-state index contributed by atoms with van der Waals surface area (Å²) in [6.45, 7) is 1.96. The normalized spacial score (nSPS) is 10.1. The number of aromatic nitrogens is 4. The average molecular weight is 234 g/mol. The summed E-state index contributed by atoms with van der Waals surface area (Å²) in [5, 5.41) is 14.1. The van der Waals surface area contributed by atoms with E-state index in [9.17, 15) is 0 Å². The van der Waals surface area contributed by atoms with Gasteiger partial charge in [0.05, 0.1) is 5.69 Å². The van der Waals surface area contributed by atoms with Gasteiger partial charge in [0.25, 0.3) is 0 Å². The second-order valence-corrected chi connectivity index (χ2v) is 3.68. The highest BCUT2D eigenvalue weighted by Gasteiger charge is 2.03. The Bertz CT molecular complexity index is 507.